The molecule has 0 heteroatoms. The quantitative estimate of drug-likeness (QED) is 0.456. The van der Waals surface area contributed by atoms with E-state index in [1.165, 1.54) is 39.4 Å². The molecule has 0 heterocycles. The highest BCUT2D eigenvalue weighted by Gasteiger charge is 2.07. The van der Waals surface area contributed by atoms with Gasteiger partial charge in [0.25, 0.3) is 0 Å². The molecular formula is C24H36. The molecule has 0 aliphatic heterocycles. The smallest absolute Gasteiger partial charge is 0.0103 e. The predicted molar refractivity (Wildman–Crippen MR) is 115 cm³/mol. The first-order valence-corrected chi connectivity index (χ1v) is 9.55. The third kappa shape index (κ3) is 5.67. The molecule has 2 aromatic carbocycles. The van der Waals surface area contributed by atoms with Crippen LogP contribution in [0.5, 0.6) is 0 Å². The van der Waals surface area contributed by atoms with Gasteiger partial charge in [0.15, 0.2) is 0 Å². The monoisotopic (exact) mass is 324 g/mol. The zero-order valence-corrected chi connectivity index (χ0v) is 17.0. The number of hydrogen-bond donors (Lipinski definition) is 0. The molecule has 0 saturated carbocycles. The van der Waals surface area contributed by atoms with Crippen LogP contribution in [0, 0.1) is 13.8 Å². The van der Waals surface area contributed by atoms with Crippen LogP contribution in [-0.4, -0.2) is 0 Å². The Morgan fingerprint density at radius 1 is 0.750 bits per heavy atom. The van der Waals surface area contributed by atoms with Crippen LogP contribution in [0.4, 0.5) is 0 Å². The van der Waals surface area contributed by atoms with E-state index >= 15 is 0 Å². The van der Waals surface area contributed by atoms with Gasteiger partial charge in [-0.1, -0.05) is 96.5 Å². The Labute approximate surface area is 150 Å². The fourth-order valence-electron chi connectivity index (χ4n) is 2.50. The molecule has 0 unspecified atom stereocenters. The molecule has 132 valence electrons. The molecule has 0 bridgehead atoms. The van der Waals surface area contributed by atoms with Gasteiger partial charge in [-0.3, -0.25) is 0 Å². The fraction of sp³-hybridized carbons (Fsp3) is 0.417. The van der Waals surface area contributed by atoms with Gasteiger partial charge >= 0.3 is 0 Å². The van der Waals surface area contributed by atoms with Gasteiger partial charge in [0.05, 0.1) is 0 Å². The van der Waals surface area contributed by atoms with E-state index in [4.69, 9.17) is 0 Å². The van der Waals surface area contributed by atoms with Crippen molar-refractivity contribution in [3.63, 3.8) is 0 Å². The van der Waals surface area contributed by atoms with Crippen LogP contribution in [0.1, 0.15) is 76.6 Å². The molecule has 2 aromatic rings. The lowest BCUT2D eigenvalue weighted by molar-refractivity contribution is 1.09. The van der Waals surface area contributed by atoms with Crippen LogP contribution in [0.15, 0.2) is 36.4 Å². The minimum absolute atomic E-state index is 1.03. The van der Waals surface area contributed by atoms with Gasteiger partial charge in [-0.15, -0.1) is 0 Å². The first kappa shape index (κ1) is 22.2. The topological polar surface area (TPSA) is 0 Å². The summed E-state index contributed by atoms with van der Waals surface area (Å²) in [6.45, 7) is 16.6. The molecule has 0 N–H and O–H groups in total. The van der Waals surface area contributed by atoms with E-state index < -0.39 is 0 Å². The molecule has 0 fully saturated rings. The van der Waals surface area contributed by atoms with Crippen molar-refractivity contribution in [2.75, 3.05) is 0 Å². The standard InChI is InChI=1S/C17H16.C3H8.2C2H6/c1-12-8-10-17-15(13(12)2)11-9-14-6-4-3-5-7-16(14)17;1-3-2;2*1-2/h4-11H,3H2,1-2H3;3H2,1-2H3;2*1-2H3. The average Bonchev–Trinajstić information content (AvgIpc) is 2.88. The van der Waals surface area contributed by atoms with Crippen LogP contribution in [0.2, 0.25) is 0 Å². The van der Waals surface area contributed by atoms with Crippen LogP contribution >= 0.6 is 0 Å². The lowest BCUT2D eigenvalue weighted by atomic mass is 9.94. The van der Waals surface area contributed by atoms with Crippen molar-refractivity contribution in [1.82, 2.24) is 0 Å². The first-order valence-electron chi connectivity index (χ1n) is 9.55. The summed E-state index contributed by atoms with van der Waals surface area (Å²) in [6, 6.07) is 8.96. The average molecular weight is 325 g/mol. The second-order valence-electron chi connectivity index (χ2n) is 5.42. The van der Waals surface area contributed by atoms with Crippen LogP contribution in [0.3, 0.4) is 0 Å². The van der Waals surface area contributed by atoms with Crippen molar-refractivity contribution in [3.05, 3.63) is 58.7 Å². The highest BCUT2D eigenvalue weighted by atomic mass is 14.1. The Kier molecular flexibility index (Phi) is 11.6. The zero-order chi connectivity index (χ0) is 18.5. The first-order chi connectivity index (χ1) is 11.7. The van der Waals surface area contributed by atoms with E-state index in [0.717, 1.165) is 6.42 Å². The summed E-state index contributed by atoms with van der Waals surface area (Å²) < 4.78 is 0. The number of fused-ring (bicyclic) bond motifs is 3. The van der Waals surface area contributed by atoms with Crippen molar-refractivity contribution in [2.45, 2.75) is 68.2 Å². The maximum atomic E-state index is 2.26. The number of hydrogen-bond acceptors (Lipinski definition) is 0. The largest absolute Gasteiger partial charge is 0.0801 e. The number of rotatable bonds is 0. The van der Waals surface area contributed by atoms with Crippen LogP contribution in [0.25, 0.3) is 22.9 Å². The van der Waals surface area contributed by atoms with E-state index in [1.807, 2.05) is 27.7 Å². The highest BCUT2D eigenvalue weighted by Crippen LogP contribution is 2.30. The maximum Gasteiger partial charge on any atom is -0.0103 e. The summed E-state index contributed by atoms with van der Waals surface area (Å²) in [4.78, 5) is 0. The van der Waals surface area contributed by atoms with Gasteiger partial charge in [0.2, 0.25) is 0 Å². The molecular weight excluding hydrogens is 288 g/mol. The Balaban J connectivity index is 0.000000667. The van der Waals surface area contributed by atoms with Crippen molar-refractivity contribution in [2.24, 2.45) is 0 Å². The third-order valence-corrected chi connectivity index (χ3v) is 3.67. The lowest BCUT2D eigenvalue weighted by Crippen LogP contribution is -1.88. The molecule has 1 aliphatic carbocycles. The Morgan fingerprint density at radius 3 is 1.92 bits per heavy atom. The van der Waals surface area contributed by atoms with Gasteiger partial charge in [0, 0.05) is 0 Å². The van der Waals surface area contributed by atoms with Gasteiger partial charge in [-0.05, 0) is 53.3 Å². The molecule has 0 amide bonds. The molecule has 0 aromatic heterocycles. The second kappa shape index (κ2) is 12.6. The predicted octanol–water partition coefficient (Wildman–Crippen LogP) is 8.36. The molecule has 24 heavy (non-hydrogen) atoms. The molecule has 0 radical (unpaired) electrons. The Morgan fingerprint density at radius 2 is 1.29 bits per heavy atom. The Bertz CT molecular complexity index is 657. The fourth-order valence-corrected chi connectivity index (χ4v) is 2.50. The van der Waals surface area contributed by atoms with Crippen molar-refractivity contribution >= 4 is 22.9 Å². The maximum absolute atomic E-state index is 2.26. The molecule has 0 atom stereocenters. The number of benzene rings is 2. The molecule has 0 nitrogen and oxygen atoms in total. The summed E-state index contributed by atoms with van der Waals surface area (Å²) in [5.74, 6) is 0. The number of allylic oxidation sites excluding steroid dienone is 2. The summed E-state index contributed by atoms with van der Waals surface area (Å²) in [5, 5.41) is 2.75. The van der Waals surface area contributed by atoms with E-state index in [1.54, 1.807) is 0 Å². The molecule has 1 aliphatic rings. The molecule has 0 spiro atoms. The highest BCUT2D eigenvalue weighted by molar-refractivity contribution is 5.96. The molecule has 0 saturated heterocycles. The van der Waals surface area contributed by atoms with Crippen LogP contribution in [-0.2, 0) is 0 Å². The molecule has 3 rings (SSSR count). The second-order valence-corrected chi connectivity index (χ2v) is 5.42. The minimum Gasteiger partial charge on any atom is -0.0801 e. The lowest BCUT2D eigenvalue weighted by Gasteiger charge is -2.10. The van der Waals surface area contributed by atoms with Crippen molar-refractivity contribution in [1.29, 1.82) is 0 Å². The van der Waals surface area contributed by atoms with Gasteiger partial charge in [-0.25, -0.2) is 0 Å². The summed E-state index contributed by atoms with van der Waals surface area (Å²) in [7, 11) is 0. The van der Waals surface area contributed by atoms with Gasteiger partial charge in [-0.2, -0.15) is 0 Å². The van der Waals surface area contributed by atoms with Crippen LogP contribution < -0.4 is 0 Å². The third-order valence-electron chi connectivity index (χ3n) is 3.67. The minimum atomic E-state index is 1.03. The normalized spacial score (nSPS) is 11.0. The summed E-state index contributed by atoms with van der Waals surface area (Å²) in [6.07, 6.45) is 11.2. The van der Waals surface area contributed by atoms with Gasteiger partial charge < -0.3 is 0 Å². The SMILES string of the molecule is CC.CC.CCC.Cc1ccc2c3c(ccc2c1C)C=CCC=C3. The van der Waals surface area contributed by atoms with Crippen molar-refractivity contribution < 1.29 is 0 Å². The van der Waals surface area contributed by atoms with E-state index in [-0.39, 0.29) is 0 Å². The zero-order valence-electron chi connectivity index (χ0n) is 17.0. The van der Waals surface area contributed by atoms with E-state index in [0.29, 0.717) is 0 Å². The van der Waals surface area contributed by atoms with E-state index in [2.05, 4.69) is 76.3 Å². The van der Waals surface area contributed by atoms with Crippen molar-refractivity contribution in [3.8, 4) is 0 Å². The van der Waals surface area contributed by atoms with Gasteiger partial charge in [0.1, 0.15) is 0 Å². The summed E-state index contributed by atoms with van der Waals surface area (Å²) >= 11 is 0. The van der Waals surface area contributed by atoms with E-state index in [9.17, 15) is 0 Å². The number of aryl methyl sites for hydroxylation is 2. The Hall–Kier alpha value is -1.82. The summed E-state index contributed by atoms with van der Waals surface area (Å²) in [5.41, 5.74) is 5.45.